The zero-order valence-electron chi connectivity index (χ0n) is 15.0. The lowest BCUT2D eigenvalue weighted by molar-refractivity contribution is 0.140. The second-order valence-corrected chi connectivity index (χ2v) is 6.46. The first-order valence-corrected chi connectivity index (χ1v) is 8.38. The topological polar surface area (TPSA) is 57.2 Å². The Labute approximate surface area is 148 Å². The Hall–Kier alpha value is -2.40. The van der Waals surface area contributed by atoms with E-state index in [1.54, 1.807) is 14.2 Å². The van der Waals surface area contributed by atoms with E-state index in [0.717, 1.165) is 16.7 Å². The van der Waals surface area contributed by atoms with Crippen molar-refractivity contribution >= 4 is 0 Å². The minimum Gasteiger partial charge on any atom is -0.493 e. The first-order valence-electron chi connectivity index (χ1n) is 8.38. The molecule has 1 atom stereocenters. The summed E-state index contributed by atoms with van der Waals surface area (Å²) in [7, 11) is 3.21. The molecule has 5 heteroatoms. The van der Waals surface area contributed by atoms with Gasteiger partial charge in [0.1, 0.15) is 18.5 Å². The molecular formula is C20H24O5. The third kappa shape index (κ3) is 3.37. The van der Waals surface area contributed by atoms with Crippen LogP contribution in [0, 0.1) is 5.92 Å². The number of methoxy groups -OCH3 is 2. The summed E-state index contributed by atoms with van der Waals surface area (Å²) in [6, 6.07) is 9.59. The Balaban J connectivity index is 2.08. The normalized spacial score (nSPS) is 15.7. The molecule has 1 unspecified atom stereocenters. The van der Waals surface area contributed by atoms with E-state index in [1.807, 2.05) is 30.3 Å². The van der Waals surface area contributed by atoms with Crippen molar-refractivity contribution in [2.45, 2.75) is 20.0 Å². The molecule has 0 bridgehead atoms. The number of aliphatic hydroxyl groups excluding tert-OH is 1. The van der Waals surface area contributed by atoms with Crippen LogP contribution >= 0.6 is 0 Å². The van der Waals surface area contributed by atoms with Crippen molar-refractivity contribution in [2.24, 2.45) is 5.92 Å². The molecule has 0 saturated heterocycles. The van der Waals surface area contributed by atoms with E-state index in [2.05, 4.69) is 13.8 Å². The number of hydrogen-bond acceptors (Lipinski definition) is 5. The number of fused-ring (bicyclic) bond motifs is 1. The van der Waals surface area contributed by atoms with Crippen molar-refractivity contribution in [1.82, 2.24) is 0 Å². The van der Waals surface area contributed by atoms with Gasteiger partial charge in [-0.25, -0.2) is 0 Å². The molecule has 0 radical (unpaired) electrons. The van der Waals surface area contributed by atoms with Gasteiger partial charge in [0.05, 0.1) is 20.8 Å². The SMILES string of the molecule is COc1ccc(-c2ccc3c(c2)OCC3O)c(OCC(C)C)c1OC. The first kappa shape index (κ1) is 17.4. The summed E-state index contributed by atoms with van der Waals surface area (Å²) in [5.74, 6) is 2.92. The monoisotopic (exact) mass is 344 g/mol. The Morgan fingerprint density at radius 1 is 1.12 bits per heavy atom. The maximum absolute atomic E-state index is 9.91. The van der Waals surface area contributed by atoms with Gasteiger partial charge in [-0.15, -0.1) is 0 Å². The zero-order valence-corrected chi connectivity index (χ0v) is 15.0. The highest BCUT2D eigenvalue weighted by Gasteiger charge is 2.24. The van der Waals surface area contributed by atoms with Crippen LogP contribution in [0.3, 0.4) is 0 Å². The Morgan fingerprint density at radius 3 is 2.60 bits per heavy atom. The van der Waals surface area contributed by atoms with Crippen LogP contribution < -0.4 is 18.9 Å². The molecule has 0 aromatic heterocycles. The number of ether oxygens (including phenoxy) is 4. The van der Waals surface area contributed by atoms with Gasteiger partial charge in [-0.05, 0) is 29.7 Å². The fourth-order valence-electron chi connectivity index (χ4n) is 2.88. The van der Waals surface area contributed by atoms with Gasteiger partial charge in [0.25, 0.3) is 0 Å². The molecule has 5 nitrogen and oxygen atoms in total. The van der Waals surface area contributed by atoms with Crippen LogP contribution in [-0.4, -0.2) is 32.5 Å². The van der Waals surface area contributed by atoms with Gasteiger partial charge >= 0.3 is 0 Å². The first-order chi connectivity index (χ1) is 12.0. The van der Waals surface area contributed by atoms with E-state index >= 15 is 0 Å². The second-order valence-electron chi connectivity index (χ2n) is 6.46. The molecule has 1 aliphatic heterocycles. The van der Waals surface area contributed by atoms with Crippen LogP contribution in [0.1, 0.15) is 25.5 Å². The number of aliphatic hydroxyl groups is 1. The minimum absolute atomic E-state index is 0.293. The Bertz CT molecular complexity index is 754. The van der Waals surface area contributed by atoms with Crippen molar-refractivity contribution in [2.75, 3.05) is 27.4 Å². The fourth-order valence-corrected chi connectivity index (χ4v) is 2.88. The van der Waals surface area contributed by atoms with Gasteiger partial charge < -0.3 is 24.1 Å². The van der Waals surface area contributed by atoms with Gasteiger partial charge in [0, 0.05) is 11.1 Å². The lowest BCUT2D eigenvalue weighted by Gasteiger charge is -2.19. The fraction of sp³-hybridized carbons (Fsp3) is 0.400. The van der Waals surface area contributed by atoms with Crippen LogP contribution in [-0.2, 0) is 0 Å². The van der Waals surface area contributed by atoms with Crippen molar-refractivity contribution in [3.63, 3.8) is 0 Å². The average Bonchev–Trinajstić information content (AvgIpc) is 2.99. The van der Waals surface area contributed by atoms with Gasteiger partial charge in [-0.2, -0.15) is 0 Å². The van der Waals surface area contributed by atoms with E-state index < -0.39 is 6.10 Å². The third-order valence-electron chi connectivity index (χ3n) is 4.14. The van der Waals surface area contributed by atoms with Gasteiger partial charge in [-0.3, -0.25) is 0 Å². The lowest BCUT2D eigenvalue weighted by atomic mass is 10.0. The quantitative estimate of drug-likeness (QED) is 0.863. The molecule has 0 aliphatic carbocycles. The standard InChI is InChI=1S/C20H24O5/c1-12(2)10-25-19-14(7-8-17(22-3)20(19)23-4)13-5-6-15-16(21)11-24-18(15)9-13/h5-9,12,16,21H,10-11H2,1-4H3. The summed E-state index contributed by atoms with van der Waals surface area (Å²) in [6.45, 7) is 5.05. The molecule has 0 amide bonds. The van der Waals surface area contributed by atoms with Gasteiger partial charge in [0.15, 0.2) is 11.5 Å². The smallest absolute Gasteiger partial charge is 0.203 e. The van der Waals surface area contributed by atoms with E-state index in [4.69, 9.17) is 18.9 Å². The Morgan fingerprint density at radius 2 is 1.92 bits per heavy atom. The van der Waals surface area contributed by atoms with E-state index in [-0.39, 0.29) is 0 Å². The van der Waals surface area contributed by atoms with Crippen LogP contribution in [0.15, 0.2) is 30.3 Å². The molecule has 2 aromatic carbocycles. The number of rotatable bonds is 6. The molecule has 3 rings (SSSR count). The molecular weight excluding hydrogens is 320 g/mol. The summed E-state index contributed by atoms with van der Waals surface area (Å²) in [5.41, 5.74) is 2.65. The average molecular weight is 344 g/mol. The molecule has 25 heavy (non-hydrogen) atoms. The molecule has 0 saturated carbocycles. The van der Waals surface area contributed by atoms with Crippen molar-refractivity contribution in [1.29, 1.82) is 0 Å². The van der Waals surface area contributed by atoms with E-state index in [9.17, 15) is 5.11 Å². The van der Waals surface area contributed by atoms with Crippen molar-refractivity contribution in [3.8, 4) is 34.1 Å². The molecule has 1 N–H and O–H groups in total. The predicted molar refractivity (Wildman–Crippen MR) is 95.8 cm³/mol. The lowest BCUT2D eigenvalue weighted by Crippen LogP contribution is -2.07. The summed E-state index contributed by atoms with van der Waals surface area (Å²) in [6.07, 6.45) is -0.564. The highest BCUT2D eigenvalue weighted by atomic mass is 16.5. The number of hydrogen-bond donors (Lipinski definition) is 1. The Kier molecular flexibility index (Phi) is 5.04. The van der Waals surface area contributed by atoms with Crippen LogP contribution in [0.4, 0.5) is 0 Å². The van der Waals surface area contributed by atoms with Gasteiger partial charge in [-0.1, -0.05) is 26.0 Å². The predicted octanol–water partition coefficient (Wildman–Crippen LogP) is 3.83. The number of benzene rings is 2. The third-order valence-corrected chi connectivity index (χ3v) is 4.14. The minimum atomic E-state index is -0.564. The highest BCUT2D eigenvalue weighted by molar-refractivity contribution is 5.77. The summed E-state index contributed by atoms with van der Waals surface area (Å²) >= 11 is 0. The zero-order chi connectivity index (χ0) is 18.0. The summed E-state index contributed by atoms with van der Waals surface area (Å²) in [5, 5.41) is 9.91. The summed E-state index contributed by atoms with van der Waals surface area (Å²) in [4.78, 5) is 0. The van der Waals surface area contributed by atoms with E-state index in [1.165, 1.54) is 0 Å². The van der Waals surface area contributed by atoms with Crippen molar-refractivity contribution in [3.05, 3.63) is 35.9 Å². The maximum atomic E-state index is 9.91. The summed E-state index contributed by atoms with van der Waals surface area (Å²) < 4.78 is 22.6. The molecule has 1 aliphatic rings. The molecule has 1 heterocycles. The largest absolute Gasteiger partial charge is 0.493 e. The van der Waals surface area contributed by atoms with Gasteiger partial charge in [0.2, 0.25) is 5.75 Å². The molecule has 0 spiro atoms. The van der Waals surface area contributed by atoms with E-state index in [0.29, 0.717) is 42.1 Å². The molecule has 0 fully saturated rings. The van der Waals surface area contributed by atoms with Crippen molar-refractivity contribution < 1.29 is 24.1 Å². The highest BCUT2D eigenvalue weighted by Crippen LogP contribution is 2.46. The molecule has 134 valence electrons. The maximum Gasteiger partial charge on any atom is 0.203 e. The second kappa shape index (κ2) is 7.23. The molecule has 2 aromatic rings. The van der Waals surface area contributed by atoms with Crippen LogP contribution in [0.5, 0.6) is 23.0 Å². The van der Waals surface area contributed by atoms with Crippen LogP contribution in [0.2, 0.25) is 0 Å². The van der Waals surface area contributed by atoms with Crippen LogP contribution in [0.25, 0.3) is 11.1 Å².